The van der Waals surface area contributed by atoms with Crippen LogP contribution < -0.4 is 21.9 Å². The Morgan fingerprint density at radius 2 is 1.67 bits per heavy atom. The van der Waals surface area contributed by atoms with E-state index in [1.54, 1.807) is 24.3 Å². The highest BCUT2D eigenvalue weighted by molar-refractivity contribution is 6.03. The smallest absolute Gasteiger partial charge is 0.326 e. The molecule has 108 valence electrons. The summed E-state index contributed by atoms with van der Waals surface area (Å²) in [5, 5.41) is 5.09. The molecule has 0 aliphatic heterocycles. The second-order valence-corrected chi connectivity index (χ2v) is 4.22. The van der Waals surface area contributed by atoms with Crippen molar-refractivity contribution in [3.8, 4) is 0 Å². The van der Waals surface area contributed by atoms with Crippen LogP contribution >= 0.6 is 0 Å². The summed E-state index contributed by atoms with van der Waals surface area (Å²) in [6, 6.07) is 7.43. The van der Waals surface area contributed by atoms with Crippen molar-refractivity contribution in [2.45, 2.75) is 6.92 Å². The molecule has 0 aliphatic carbocycles. The summed E-state index contributed by atoms with van der Waals surface area (Å²) < 4.78 is 0. The van der Waals surface area contributed by atoms with Gasteiger partial charge in [0.1, 0.15) is 5.69 Å². The van der Waals surface area contributed by atoms with Crippen LogP contribution in [0.25, 0.3) is 0 Å². The number of anilines is 2. The van der Waals surface area contributed by atoms with Crippen molar-refractivity contribution < 1.29 is 9.59 Å². The number of H-pyrrole nitrogens is 2. The van der Waals surface area contributed by atoms with E-state index >= 15 is 0 Å². The molecule has 0 spiro atoms. The highest BCUT2D eigenvalue weighted by Gasteiger charge is 2.09. The number of carbonyl (C=O) groups excluding carboxylic acids is 2. The number of benzene rings is 1. The molecular formula is C13H12N4O4. The topological polar surface area (TPSA) is 124 Å². The summed E-state index contributed by atoms with van der Waals surface area (Å²) in [7, 11) is 0. The summed E-state index contributed by atoms with van der Waals surface area (Å²) in [5.41, 5.74) is -0.670. The van der Waals surface area contributed by atoms with Gasteiger partial charge in [-0.15, -0.1) is 0 Å². The molecule has 8 nitrogen and oxygen atoms in total. The lowest BCUT2D eigenvalue weighted by Gasteiger charge is -2.07. The molecule has 0 radical (unpaired) electrons. The molecule has 4 N–H and O–H groups in total. The van der Waals surface area contributed by atoms with Crippen molar-refractivity contribution in [3.63, 3.8) is 0 Å². The maximum atomic E-state index is 11.9. The summed E-state index contributed by atoms with van der Waals surface area (Å²) in [6.07, 6.45) is 0. The van der Waals surface area contributed by atoms with Gasteiger partial charge >= 0.3 is 5.69 Å². The Morgan fingerprint density at radius 1 is 1.00 bits per heavy atom. The fourth-order valence-corrected chi connectivity index (χ4v) is 1.67. The first-order chi connectivity index (χ1) is 9.94. The van der Waals surface area contributed by atoms with Crippen molar-refractivity contribution in [1.29, 1.82) is 0 Å². The second-order valence-electron chi connectivity index (χ2n) is 4.22. The summed E-state index contributed by atoms with van der Waals surface area (Å²) in [6.45, 7) is 1.37. The van der Waals surface area contributed by atoms with E-state index in [0.717, 1.165) is 6.07 Å². The number of aromatic nitrogens is 2. The van der Waals surface area contributed by atoms with Crippen molar-refractivity contribution in [3.05, 3.63) is 56.9 Å². The number of rotatable bonds is 3. The second kappa shape index (κ2) is 5.87. The Hall–Kier alpha value is -3.16. The van der Waals surface area contributed by atoms with Gasteiger partial charge in [-0.05, 0) is 18.2 Å². The third-order valence-corrected chi connectivity index (χ3v) is 2.45. The van der Waals surface area contributed by atoms with E-state index in [4.69, 9.17) is 0 Å². The Balaban J connectivity index is 2.21. The number of carbonyl (C=O) groups is 2. The molecule has 0 bridgehead atoms. The van der Waals surface area contributed by atoms with Gasteiger partial charge in [0.15, 0.2) is 0 Å². The molecule has 2 aromatic rings. The Kier molecular flexibility index (Phi) is 3.98. The lowest BCUT2D eigenvalue weighted by Crippen LogP contribution is -2.27. The van der Waals surface area contributed by atoms with Gasteiger partial charge in [-0.3, -0.25) is 19.4 Å². The van der Waals surface area contributed by atoms with Crippen LogP contribution in [0.2, 0.25) is 0 Å². The zero-order chi connectivity index (χ0) is 15.4. The van der Waals surface area contributed by atoms with Crippen molar-refractivity contribution >= 4 is 23.2 Å². The van der Waals surface area contributed by atoms with Gasteiger partial charge in [0.2, 0.25) is 5.91 Å². The van der Waals surface area contributed by atoms with Gasteiger partial charge in [0.05, 0.1) is 0 Å². The van der Waals surface area contributed by atoms with Gasteiger partial charge in [0, 0.05) is 24.4 Å². The zero-order valence-corrected chi connectivity index (χ0v) is 11.0. The van der Waals surface area contributed by atoms with Gasteiger partial charge in [0.25, 0.3) is 11.5 Å². The molecule has 1 heterocycles. The highest BCUT2D eigenvalue weighted by atomic mass is 16.2. The third-order valence-electron chi connectivity index (χ3n) is 2.45. The van der Waals surface area contributed by atoms with Gasteiger partial charge in [-0.1, -0.05) is 6.07 Å². The van der Waals surface area contributed by atoms with Crippen molar-refractivity contribution in [2.75, 3.05) is 10.6 Å². The zero-order valence-electron chi connectivity index (χ0n) is 11.0. The lowest BCUT2D eigenvalue weighted by molar-refractivity contribution is -0.114. The standard InChI is InChI=1S/C13H12N4O4/c1-7(18)14-8-3-2-4-9(5-8)15-12(20)10-6-11(19)17-13(21)16-10/h2-6H,1H3,(H,14,18)(H,15,20)(H2,16,17,19,21). The average Bonchev–Trinajstić information content (AvgIpc) is 2.37. The Bertz CT molecular complexity index is 778. The Morgan fingerprint density at radius 3 is 2.29 bits per heavy atom. The van der Waals surface area contributed by atoms with Crippen LogP contribution in [-0.2, 0) is 4.79 Å². The lowest BCUT2D eigenvalue weighted by atomic mass is 10.2. The number of aromatic amines is 2. The summed E-state index contributed by atoms with van der Waals surface area (Å²) in [5.74, 6) is -0.879. The molecular weight excluding hydrogens is 276 g/mol. The van der Waals surface area contributed by atoms with Crippen LogP contribution in [0.15, 0.2) is 39.9 Å². The van der Waals surface area contributed by atoms with E-state index < -0.39 is 17.2 Å². The molecule has 0 aliphatic rings. The van der Waals surface area contributed by atoms with Crippen LogP contribution in [0.5, 0.6) is 0 Å². The van der Waals surface area contributed by atoms with E-state index in [1.807, 2.05) is 4.98 Å². The molecule has 0 fully saturated rings. The minimum absolute atomic E-state index is 0.159. The molecule has 2 rings (SSSR count). The molecule has 1 aromatic carbocycles. The predicted octanol–water partition coefficient (Wildman–Crippen LogP) is 0.274. The molecule has 0 saturated heterocycles. The normalized spacial score (nSPS) is 9.95. The molecule has 21 heavy (non-hydrogen) atoms. The van der Waals surface area contributed by atoms with Crippen LogP contribution in [0.4, 0.5) is 11.4 Å². The molecule has 2 amide bonds. The number of nitrogens with one attached hydrogen (secondary N) is 4. The Labute approximate surface area is 118 Å². The monoisotopic (exact) mass is 288 g/mol. The van der Waals surface area contributed by atoms with Crippen LogP contribution in [0, 0.1) is 0 Å². The molecule has 8 heteroatoms. The maximum Gasteiger partial charge on any atom is 0.326 e. The molecule has 0 atom stereocenters. The van der Waals surface area contributed by atoms with Crippen molar-refractivity contribution in [2.24, 2.45) is 0 Å². The van der Waals surface area contributed by atoms with Crippen LogP contribution in [0.1, 0.15) is 17.4 Å². The fourth-order valence-electron chi connectivity index (χ4n) is 1.67. The van der Waals surface area contributed by atoms with Gasteiger partial charge in [-0.25, -0.2) is 4.79 Å². The van der Waals surface area contributed by atoms with E-state index in [0.29, 0.717) is 11.4 Å². The number of hydrogen-bond acceptors (Lipinski definition) is 4. The van der Waals surface area contributed by atoms with E-state index in [1.165, 1.54) is 6.92 Å². The molecule has 1 aromatic heterocycles. The van der Waals surface area contributed by atoms with Crippen LogP contribution in [0.3, 0.4) is 0 Å². The number of amides is 2. The summed E-state index contributed by atoms with van der Waals surface area (Å²) in [4.78, 5) is 49.3. The minimum Gasteiger partial charge on any atom is -0.326 e. The highest BCUT2D eigenvalue weighted by Crippen LogP contribution is 2.15. The van der Waals surface area contributed by atoms with E-state index in [9.17, 15) is 19.2 Å². The largest absolute Gasteiger partial charge is 0.326 e. The summed E-state index contributed by atoms with van der Waals surface area (Å²) >= 11 is 0. The van der Waals surface area contributed by atoms with Crippen molar-refractivity contribution in [1.82, 2.24) is 9.97 Å². The average molecular weight is 288 g/mol. The minimum atomic E-state index is -0.764. The van der Waals surface area contributed by atoms with E-state index in [2.05, 4.69) is 15.6 Å². The quantitative estimate of drug-likeness (QED) is 0.647. The maximum absolute atomic E-state index is 11.9. The van der Waals surface area contributed by atoms with E-state index in [-0.39, 0.29) is 11.6 Å². The van der Waals surface area contributed by atoms with Gasteiger partial charge in [-0.2, -0.15) is 0 Å². The third kappa shape index (κ3) is 3.90. The first kappa shape index (κ1) is 14.3. The predicted molar refractivity (Wildman–Crippen MR) is 76.4 cm³/mol. The SMILES string of the molecule is CC(=O)Nc1cccc(NC(=O)c2cc(=O)[nH]c(=O)[nH]2)c1. The fraction of sp³-hybridized carbons (Fsp3) is 0.0769. The molecule has 0 saturated carbocycles. The van der Waals surface area contributed by atoms with Crippen LogP contribution in [-0.4, -0.2) is 21.8 Å². The van der Waals surface area contributed by atoms with Gasteiger partial charge < -0.3 is 15.6 Å². The molecule has 0 unspecified atom stereocenters. The number of hydrogen-bond donors (Lipinski definition) is 4. The first-order valence-electron chi connectivity index (χ1n) is 5.97. The first-order valence-corrected chi connectivity index (χ1v) is 5.97.